The zero-order valence-electron chi connectivity index (χ0n) is 18.1. The normalized spacial score (nSPS) is 16.6. The van der Waals surface area contributed by atoms with Crippen LogP contribution in [0.3, 0.4) is 0 Å². The number of benzene rings is 1. The van der Waals surface area contributed by atoms with Crippen molar-refractivity contribution >= 4 is 40.0 Å². The average molecular weight is 576 g/mol. The molecule has 2 N–H and O–H groups in total. The van der Waals surface area contributed by atoms with Gasteiger partial charge < -0.3 is 10.6 Å². The molecule has 0 bridgehead atoms. The van der Waals surface area contributed by atoms with Crippen LogP contribution in [0.2, 0.25) is 0 Å². The van der Waals surface area contributed by atoms with Crippen molar-refractivity contribution in [2.45, 2.75) is 45.5 Å². The molecular formula is C20H32F3IN4O2S. The number of piperidine rings is 1. The van der Waals surface area contributed by atoms with Crippen LogP contribution in [0.5, 0.6) is 0 Å². The maximum atomic E-state index is 12.7. The Morgan fingerprint density at radius 3 is 2.39 bits per heavy atom. The van der Waals surface area contributed by atoms with Crippen molar-refractivity contribution in [3.05, 3.63) is 34.9 Å². The number of aliphatic imine (C=N–C) groups is 1. The Labute approximate surface area is 200 Å². The minimum atomic E-state index is -5.24. The van der Waals surface area contributed by atoms with Gasteiger partial charge in [-0.25, -0.2) is 8.42 Å². The van der Waals surface area contributed by atoms with Crippen LogP contribution >= 0.6 is 24.0 Å². The molecule has 2 rings (SSSR count). The molecule has 0 radical (unpaired) electrons. The SMILES string of the molecule is CCNC(=NCC1CCN(S(=O)(=O)C(F)(F)F)CC1)NCCc1ccc(C)cc1C.I. The molecule has 0 saturated carbocycles. The minimum absolute atomic E-state index is 0. The van der Waals surface area contributed by atoms with Crippen LogP contribution in [0, 0.1) is 19.8 Å². The molecule has 31 heavy (non-hydrogen) atoms. The van der Waals surface area contributed by atoms with E-state index >= 15 is 0 Å². The third kappa shape index (κ3) is 8.08. The monoisotopic (exact) mass is 576 g/mol. The second-order valence-corrected chi connectivity index (χ2v) is 9.55. The molecule has 1 aromatic carbocycles. The van der Waals surface area contributed by atoms with Crippen molar-refractivity contribution in [1.29, 1.82) is 0 Å². The highest BCUT2D eigenvalue weighted by molar-refractivity contribution is 14.0. The molecule has 1 aliphatic heterocycles. The van der Waals surface area contributed by atoms with Crippen molar-refractivity contribution in [3.8, 4) is 0 Å². The lowest BCUT2D eigenvalue weighted by atomic mass is 9.98. The molecular weight excluding hydrogens is 544 g/mol. The highest BCUT2D eigenvalue weighted by atomic mass is 127. The lowest BCUT2D eigenvalue weighted by molar-refractivity contribution is -0.0496. The topological polar surface area (TPSA) is 73.8 Å². The molecule has 6 nitrogen and oxygen atoms in total. The number of halogens is 4. The van der Waals surface area contributed by atoms with Crippen LogP contribution in [-0.4, -0.2) is 56.9 Å². The summed E-state index contributed by atoms with van der Waals surface area (Å²) in [5.74, 6) is 0.715. The summed E-state index contributed by atoms with van der Waals surface area (Å²) in [6.07, 6.45) is 1.58. The summed E-state index contributed by atoms with van der Waals surface area (Å²) in [6, 6.07) is 6.37. The van der Waals surface area contributed by atoms with E-state index in [2.05, 4.69) is 47.7 Å². The summed E-state index contributed by atoms with van der Waals surface area (Å²) < 4.78 is 61.5. The molecule has 0 spiro atoms. The molecule has 1 fully saturated rings. The molecule has 0 atom stereocenters. The first-order valence-electron chi connectivity index (χ1n) is 10.2. The van der Waals surface area contributed by atoms with E-state index in [-0.39, 0.29) is 43.0 Å². The van der Waals surface area contributed by atoms with Crippen LogP contribution in [0.4, 0.5) is 13.2 Å². The fourth-order valence-corrected chi connectivity index (χ4v) is 4.47. The van der Waals surface area contributed by atoms with Crippen LogP contribution in [0.15, 0.2) is 23.2 Å². The van der Waals surface area contributed by atoms with Gasteiger partial charge >= 0.3 is 15.5 Å². The zero-order valence-corrected chi connectivity index (χ0v) is 21.3. The third-order valence-electron chi connectivity index (χ3n) is 5.24. The van der Waals surface area contributed by atoms with E-state index in [1.165, 1.54) is 16.7 Å². The van der Waals surface area contributed by atoms with Crippen LogP contribution in [0.1, 0.15) is 36.5 Å². The summed E-state index contributed by atoms with van der Waals surface area (Å²) in [5, 5.41) is 6.46. The van der Waals surface area contributed by atoms with Crippen molar-refractivity contribution in [2.75, 3.05) is 32.7 Å². The van der Waals surface area contributed by atoms with Gasteiger partial charge in [0.15, 0.2) is 5.96 Å². The van der Waals surface area contributed by atoms with Crippen molar-refractivity contribution in [1.82, 2.24) is 14.9 Å². The molecule has 178 valence electrons. The highest BCUT2D eigenvalue weighted by Gasteiger charge is 2.50. The van der Waals surface area contributed by atoms with Gasteiger partial charge in [-0.15, -0.1) is 24.0 Å². The second-order valence-electron chi connectivity index (χ2n) is 7.62. The number of nitrogens with zero attached hydrogens (tertiary/aromatic N) is 2. The molecule has 1 saturated heterocycles. The Bertz CT molecular complexity index is 839. The minimum Gasteiger partial charge on any atom is -0.357 e. The largest absolute Gasteiger partial charge is 0.511 e. The summed E-state index contributed by atoms with van der Waals surface area (Å²) >= 11 is 0. The first-order chi connectivity index (χ1) is 14.0. The van der Waals surface area contributed by atoms with Gasteiger partial charge in [-0.05, 0) is 57.1 Å². The predicted octanol–water partition coefficient (Wildman–Crippen LogP) is 3.58. The Morgan fingerprint density at radius 2 is 1.84 bits per heavy atom. The van der Waals surface area contributed by atoms with Gasteiger partial charge in [-0.3, -0.25) is 4.99 Å². The molecule has 1 heterocycles. The zero-order chi connectivity index (χ0) is 22.4. The number of hydrogen-bond acceptors (Lipinski definition) is 3. The van der Waals surface area contributed by atoms with Gasteiger partial charge in [0.05, 0.1) is 0 Å². The van der Waals surface area contributed by atoms with Crippen molar-refractivity contribution in [3.63, 3.8) is 0 Å². The molecule has 0 amide bonds. The number of nitrogens with one attached hydrogen (secondary N) is 2. The van der Waals surface area contributed by atoms with Crippen LogP contribution in [-0.2, 0) is 16.4 Å². The fourth-order valence-electron chi connectivity index (χ4n) is 3.48. The quantitative estimate of drug-likeness (QED) is 0.296. The molecule has 0 aromatic heterocycles. The molecule has 0 aliphatic carbocycles. The Balaban J connectivity index is 0.00000480. The number of rotatable bonds is 7. The standard InChI is InChI=1S/C20H31F3N4O2S.HI/c1-4-24-19(25-10-7-18-6-5-15(2)13-16(18)3)26-14-17-8-11-27(12-9-17)30(28,29)20(21,22)23;/h5-6,13,17H,4,7-12,14H2,1-3H3,(H2,24,25,26);1H. The molecule has 1 aliphatic rings. The lowest BCUT2D eigenvalue weighted by Crippen LogP contribution is -2.45. The van der Waals surface area contributed by atoms with Gasteiger partial charge in [0.25, 0.3) is 0 Å². The van der Waals surface area contributed by atoms with Crippen LogP contribution < -0.4 is 10.6 Å². The predicted molar refractivity (Wildman–Crippen MR) is 128 cm³/mol. The van der Waals surface area contributed by atoms with E-state index < -0.39 is 15.5 Å². The first-order valence-corrected chi connectivity index (χ1v) is 11.6. The summed E-state index contributed by atoms with van der Waals surface area (Å²) in [6.45, 7) is 7.70. The van der Waals surface area contributed by atoms with Gasteiger partial charge in [-0.2, -0.15) is 17.5 Å². The summed E-state index contributed by atoms with van der Waals surface area (Å²) in [5.41, 5.74) is -1.50. The van der Waals surface area contributed by atoms with E-state index in [0.717, 1.165) is 6.42 Å². The maximum Gasteiger partial charge on any atom is 0.511 e. The van der Waals surface area contributed by atoms with Crippen molar-refractivity contribution < 1.29 is 21.6 Å². The summed E-state index contributed by atoms with van der Waals surface area (Å²) in [4.78, 5) is 4.55. The number of sulfonamides is 1. The summed E-state index contributed by atoms with van der Waals surface area (Å²) in [7, 11) is -5.23. The number of aryl methyl sites for hydroxylation is 2. The van der Waals surface area contributed by atoms with Crippen LogP contribution in [0.25, 0.3) is 0 Å². The van der Waals surface area contributed by atoms with Gasteiger partial charge in [0.1, 0.15) is 0 Å². The van der Waals surface area contributed by atoms with Gasteiger partial charge in [0.2, 0.25) is 0 Å². The third-order valence-corrected chi connectivity index (χ3v) is 6.87. The Kier molecular flexibility index (Phi) is 11.0. The molecule has 11 heteroatoms. The van der Waals surface area contributed by atoms with Crippen molar-refractivity contribution in [2.24, 2.45) is 10.9 Å². The van der Waals surface area contributed by atoms with E-state index in [1.54, 1.807) is 0 Å². The van der Waals surface area contributed by atoms with E-state index in [1.807, 2.05) is 6.92 Å². The van der Waals surface area contributed by atoms with Gasteiger partial charge in [-0.1, -0.05) is 23.8 Å². The maximum absolute atomic E-state index is 12.7. The number of guanidine groups is 1. The number of hydrogen-bond donors (Lipinski definition) is 2. The van der Waals surface area contributed by atoms with Gasteiger partial charge in [0, 0.05) is 32.7 Å². The lowest BCUT2D eigenvalue weighted by Gasteiger charge is -2.30. The Morgan fingerprint density at radius 1 is 1.19 bits per heavy atom. The van der Waals surface area contributed by atoms with E-state index in [4.69, 9.17) is 0 Å². The second kappa shape index (κ2) is 12.2. The van der Waals surface area contributed by atoms with E-state index in [0.29, 0.717) is 42.7 Å². The average Bonchev–Trinajstić information content (AvgIpc) is 2.67. The fraction of sp³-hybridized carbons (Fsp3) is 0.650. The molecule has 1 aromatic rings. The molecule has 0 unspecified atom stereocenters. The Hall–Kier alpha value is -1.08. The van der Waals surface area contributed by atoms with E-state index in [9.17, 15) is 21.6 Å². The number of alkyl halides is 3. The first kappa shape index (κ1) is 28.0. The smallest absolute Gasteiger partial charge is 0.357 e. The highest BCUT2D eigenvalue weighted by Crippen LogP contribution is 2.30.